The fourth-order valence-corrected chi connectivity index (χ4v) is 3.04. The van der Waals surface area contributed by atoms with Crippen LogP contribution in [-0.2, 0) is 19.5 Å². The van der Waals surface area contributed by atoms with Crippen LogP contribution in [0.25, 0.3) is 0 Å². The molecule has 9 heteroatoms. The average molecular weight is 304 g/mol. The summed E-state index contributed by atoms with van der Waals surface area (Å²) in [6, 6.07) is 3.15. The summed E-state index contributed by atoms with van der Waals surface area (Å²) in [5.41, 5.74) is 2.58. The zero-order valence-corrected chi connectivity index (χ0v) is 12.4. The molecule has 0 atom stereocenters. The Morgan fingerprint density at radius 2 is 1.90 bits per heavy atom. The van der Waals surface area contributed by atoms with Crippen LogP contribution < -0.4 is 11.3 Å². The Kier molecular flexibility index (Phi) is 6.82. The van der Waals surface area contributed by atoms with Gasteiger partial charge in [-0.15, -0.1) is 0 Å². The Morgan fingerprint density at radius 3 is 2.40 bits per heavy atom. The third-order valence-electron chi connectivity index (χ3n) is 2.60. The molecule has 0 aromatic carbocycles. The number of aromatic nitrogens is 1. The Bertz CT molecular complexity index is 501. The molecule has 0 bridgehead atoms. The fraction of sp³-hybridized carbons (Fsp3) is 0.545. The van der Waals surface area contributed by atoms with E-state index in [1.165, 1.54) is 24.7 Å². The molecule has 1 heterocycles. The van der Waals surface area contributed by atoms with E-state index in [-0.39, 0.29) is 37.0 Å². The molecule has 1 rings (SSSR count). The lowest BCUT2D eigenvalue weighted by Crippen LogP contribution is -2.37. The number of methoxy groups -OCH3 is 2. The van der Waals surface area contributed by atoms with E-state index in [2.05, 4.69) is 10.4 Å². The van der Waals surface area contributed by atoms with Crippen molar-refractivity contribution in [2.45, 2.75) is 5.03 Å². The fourth-order valence-electron chi connectivity index (χ4n) is 1.57. The molecule has 20 heavy (non-hydrogen) atoms. The van der Waals surface area contributed by atoms with E-state index in [4.69, 9.17) is 15.3 Å². The molecule has 1 aromatic rings. The lowest BCUT2D eigenvalue weighted by molar-refractivity contribution is 0.150. The van der Waals surface area contributed by atoms with Crippen LogP contribution in [0.2, 0.25) is 0 Å². The van der Waals surface area contributed by atoms with Crippen LogP contribution in [0.4, 0.5) is 5.69 Å². The first-order chi connectivity index (χ1) is 9.57. The minimum Gasteiger partial charge on any atom is -0.383 e. The second-order valence-electron chi connectivity index (χ2n) is 3.89. The van der Waals surface area contributed by atoms with Gasteiger partial charge >= 0.3 is 0 Å². The summed E-state index contributed by atoms with van der Waals surface area (Å²) in [5, 5.41) is -0.116. The molecule has 0 radical (unpaired) electrons. The van der Waals surface area contributed by atoms with Gasteiger partial charge in [-0.3, -0.25) is 5.84 Å². The highest BCUT2D eigenvalue weighted by Gasteiger charge is 2.27. The van der Waals surface area contributed by atoms with Gasteiger partial charge in [-0.05, 0) is 12.1 Å². The van der Waals surface area contributed by atoms with Crippen molar-refractivity contribution in [3.05, 3.63) is 18.3 Å². The maximum absolute atomic E-state index is 12.6. The maximum atomic E-state index is 12.6. The van der Waals surface area contributed by atoms with Gasteiger partial charge in [0.05, 0.1) is 18.9 Å². The third-order valence-corrected chi connectivity index (χ3v) is 4.46. The zero-order chi connectivity index (χ0) is 15.0. The number of hydrazine groups is 1. The molecule has 0 aliphatic rings. The molecule has 0 saturated carbocycles. The summed E-state index contributed by atoms with van der Waals surface area (Å²) in [7, 11) is -0.751. The summed E-state index contributed by atoms with van der Waals surface area (Å²) in [5.74, 6) is 5.33. The van der Waals surface area contributed by atoms with Gasteiger partial charge in [-0.1, -0.05) is 0 Å². The molecule has 0 saturated heterocycles. The van der Waals surface area contributed by atoms with Gasteiger partial charge in [0.2, 0.25) is 0 Å². The first kappa shape index (κ1) is 16.8. The molecule has 8 nitrogen and oxygen atoms in total. The number of rotatable bonds is 9. The number of nitrogen functional groups attached to an aromatic ring is 1. The normalized spacial score (nSPS) is 11.8. The number of nitrogens with one attached hydrogen (secondary N) is 1. The number of nitrogens with two attached hydrogens (primary N) is 1. The number of nitrogens with zero attached hydrogens (tertiary/aromatic N) is 2. The predicted octanol–water partition coefficient (Wildman–Crippen LogP) is -0.349. The highest BCUT2D eigenvalue weighted by Crippen LogP contribution is 2.20. The molecule has 0 aliphatic heterocycles. The molecule has 1 aromatic heterocycles. The second-order valence-corrected chi connectivity index (χ2v) is 5.74. The maximum Gasteiger partial charge on any atom is 0.262 e. The van der Waals surface area contributed by atoms with E-state index in [1.807, 2.05) is 0 Å². The molecule has 0 aliphatic carbocycles. The second kappa shape index (κ2) is 8.12. The van der Waals surface area contributed by atoms with E-state index < -0.39 is 10.0 Å². The third kappa shape index (κ3) is 4.12. The highest BCUT2D eigenvalue weighted by molar-refractivity contribution is 7.89. The van der Waals surface area contributed by atoms with Gasteiger partial charge in [0.25, 0.3) is 10.0 Å². The minimum absolute atomic E-state index is 0.116. The topological polar surface area (TPSA) is 107 Å². The van der Waals surface area contributed by atoms with E-state index in [0.717, 1.165) is 0 Å². The molecular formula is C11H20N4O4S. The van der Waals surface area contributed by atoms with Crippen molar-refractivity contribution in [1.82, 2.24) is 9.29 Å². The van der Waals surface area contributed by atoms with Gasteiger partial charge < -0.3 is 14.9 Å². The van der Waals surface area contributed by atoms with Crippen LogP contribution in [0.1, 0.15) is 0 Å². The van der Waals surface area contributed by atoms with Gasteiger partial charge in [-0.25, -0.2) is 13.4 Å². The Labute approximate surface area is 118 Å². The standard InChI is InChI=1S/C11H20N4O4S/c1-18-8-6-15(7-9-19-2)20(16,17)11-10(14-12)4-3-5-13-11/h3-5,14H,6-9,12H2,1-2H3. The number of ether oxygens (including phenoxy) is 2. The molecule has 3 N–H and O–H groups in total. The molecule has 0 amide bonds. The van der Waals surface area contributed by atoms with Crippen molar-refractivity contribution in [1.29, 1.82) is 0 Å². The van der Waals surface area contributed by atoms with Crippen LogP contribution in [0.5, 0.6) is 0 Å². The highest BCUT2D eigenvalue weighted by atomic mass is 32.2. The van der Waals surface area contributed by atoms with Gasteiger partial charge in [-0.2, -0.15) is 4.31 Å². The molecule has 114 valence electrons. The SMILES string of the molecule is COCCN(CCOC)S(=O)(=O)c1ncccc1NN. The molecule has 0 unspecified atom stereocenters. The summed E-state index contributed by atoms with van der Waals surface area (Å²) in [6.07, 6.45) is 1.40. The van der Waals surface area contributed by atoms with Crippen LogP contribution in [-0.4, -0.2) is 58.2 Å². The van der Waals surface area contributed by atoms with Crippen molar-refractivity contribution in [2.24, 2.45) is 5.84 Å². The summed E-state index contributed by atoms with van der Waals surface area (Å²) in [6.45, 7) is 0.980. The zero-order valence-electron chi connectivity index (χ0n) is 11.6. The van der Waals surface area contributed by atoms with Crippen molar-refractivity contribution >= 4 is 15.7 Å². The van der Waals surface area contributed by atoms with Crippen LogP contribution in [0, 0.1) is 0 Å². The first-order valence-electron chi connectivity index (χ1n) is 5.97. The molecular weight excluding hydrogens is 284 g/mol. The lowest BCUT2D eigenvalue weighted by Gasteiger charge is -2.22. The van der Waals surface area contributed by atoms with Crippen molar-refractivity contribution in [2.75, 3.05) is 45.9 Å². The number of hydrogen-bond acceptors (Lipinski definition) is 7. The van der Waals surface area contributed by atoms with E-state index in [0.29, 0.717) is 0 Å². The van der Waals surface area contributed by atoms with E-state index >= 15 is 0 Å². The summed E-state index contributed by atoms with van der Waals surface area (Å²) >= 11 is 0. The van der Waals surface area contributed by atoms with Crippen molar-refractivity contribution in [3.8, 4) is 0 Å². The minimum atomic E-state index is -3.77. The Hall–Kier alpha value is -1.26. The smallest absolute Gasteiger partial charge is 0.262 e. The monoisotopic (exact) mass is 304 g/mol. The summed E-state index contributed by atoms with van der Waals surface area (Å²) < 4.78 is 36.3. The van der Waals surface area contributed by atoms with E-state index in [9.17, 15) is 8.42 Å². The van der Waals surface area contributed by atoms with Crippen molar-refractivity contribution in [3.63, 3.8) is 0 Å². The van der Waals surface area contributed by atoms with E-state index in [1.54, 1.807) is 12.1 Å². The quantitative estimate of drug-likeness (QED) is 0.474. The first-order valence-corrected chi connectivity index (χ1v) is 7.41. The van der Waals surface area contributed by atoms with Crippen LogP contribution in [0.15, 0.2) is 23.4 Å². The van der Waals surface area contributed by atoms with Gasteiger partial charge in [0.15, 0.2) is 5.03 Å². The van der Waals surface area contributed by atoms with Crippen molar-refractivity contribution < 1.29 is 17.9 Å². The number of anilines is 1. The van der Waals surface area contributed by atoms with Crippen LogP contribution in [0.3, 0.4) is 0 Å². The number of hydrogen-bond donors (Lipinski definition) is 2. The largest absolute Gasteiger partial charge is 0.383 e. The Balaban J connectivity index is 3.07. The average Bonchev–Trinajstić information content (AvgIpc) is 2.47. The number of pyridine rings is 1. The number of sulfonamides is 1. The predicted molar refractivity (Wildman–Crippen MR) is 74.6 cm³/mol. The van der Waals surface area contributed by atoms with Gasteiger partial charge in [0, 0.05) is 33.5 Å². The van der Waals surface area contributed by atoms with Gasteiger partial charge in [0.1, 0.15) is 0 Å². The lowest BCUT2D eigenvalue weighted by atomic mass is 10.4. The molecule has 0 fully saturated rings. The molecule has 0 spiro atoms. The van der Waals surface area contributed by atoms with Crippen LogP contribution >= 0.6 is 0 Å². The Morgan fingerprint density at radius 1 is 1.30 bits per heavy atom. The summed E-state index contributed by atoms with van der Waals surface area (Å²) in [4.78, 5) is 3.90.